The number of hydrogen-bond acceptors (Lipinski definition) is 4. The molecule has 1 fully saturated rings. The molecule has 2 unspecified atom stereocenters. The molecule has 1 aliphatic rings. The van der Waals surface area contributed by atoms with Crippen LogP contribution < -0.4 is 4.74 Å². The molecular formula is C15H18BrNO4. The van der Waals surface area contributed by atoms with Crippen molar-refractivity contribution in [1.82, 2.24) is 0 Å². The average Bonchev–Trinajstić information content (AvgIpc) is 2.39. The lowest BCUT2D eigenvalue weighted by atomic mass is 9.88. The molecule has 0 heterocycles. The number of Topliss-reactive ketones (excluding diaryl/α,β-unsaturated/α-hetero) is 1. The first-order valence-electron chi connectivity index (χ1n) is 7.04. The van der Waals surface area contributed by atoms with Crippen LogP contribution in [0.4, 0.5) is 5.69 Å². The van der Waals surface area contributed by atoms with Crippen LogP contribution in [0, 0.1) is 16.0 Å². The summed E-state index contributed by atoms with van der Waals surface area (Å²) in [6, 6.07) is 2.96. The van der Waals surface area contributed by atoms with Crippen molar-refractivity contribution in [1.29, 1.82) is 0 Å². The first kappa shape index (κ1) is 15.9. The molecule has 0 radical (unpaired) electrons. The maximum atomic E-state index is 11.8. The van der Waals surface area contributed by atoms with Crippen LogP contribution in [0.25, 0.3) is 0 Å². The SMILES string of the molecule is CC(=O)c1cc(Br)cc([N+](=O)[O-])c1OC1CCCC(C)C1. The van der Waals surface area contributed by atoms with Crippen molar-refractivity contribution in [3.63, 3.8) is 0 Å². The molecule has 6 heteroatoms. The average molecular weight is 356 g/mol. The second-order valence-corrected chi connectivity index (χ2v) is 6.54. The van der Waals surface area contributed by atoms with E-state index in [-0.39, 0.29) is 28.9 Å². The molecule has 1 aromatic rings. The van der Waals surface area contributed by atoms with E-state index >= 15 is 0 Å². The van der Waals surface area contributed by atoms with Crippen molar-refractivity contribution in [3.05, 3.63) is 32.3 Å². The Labute approximate surface area is 132 Å². The zero-order chi connectivity index (χ0) is 15.6. The minimum atomic E-state index is -0.501. The van der Waals surface area contributed by atoms with E-state index in [0.717, 1.165) is 25.7 Å². The Kier molecular flexibility index (Phi) is 4.98. The summed E-state index contributed by atoms with van der Waals surface area (Å²) < 4.78 is 6.39. The van der Waals surface area contributed by atoms with Gasteiger partial charge < -0.3 is 4.74 Å². The summed E-state index contributed by atoms with van der Waals surface area (Å²) in [6.45, 7) is 3.54. The van der Waals surface area contributed by atoms with Crippen LogP contribution in [-0.2, 0) is 0 Å². The molecule has 2 atom stereocenters. The predicted molar refractivity (Wildman–Crippen MR) is 82.8 cm³/mol. The van der Waals surface area contributed by atoms with Gasteiger partial charge >= 0.3 is 5.69 Å². The van der Waals surface area contributed by atoms with E-state index in [1.807, 2.05) is 0 Å². The molecular weight excluding hydrogens is 338 g/mol. The predicted octanol–water partition coefficient (Wildman–Crippen LogP) is 4.52. The highest BCUT2D eigenvalue weighted by Gasteiger charge is 2.28. The molecule has 0 aromatic heterocycles. The number of carbonyl (C=O) groups excluding carboxylic acids is 1. The van der Waals surface area contributed by atoms with Gasteiger partial charge in [0, 0.05) is 10.5 Å². The van der Waals surface area contributed by atoms with Gasteiger partial charge in [-0.25, -0.2) is 0 Å². The highest BCUT2D eigenvalue weighted by atomic mass is 79.9. The van der Waals surface area contributed by atoms with Crippen LogP contribution >= 0.6 is 15.9 Å². The van der Waals surface area contributed by atoms with E-state index in [9.17, 15) is 14.9 Å². The third-order valence-electron chi connectivity index (χ3n) is 3.78. The summed E-state index contributed by atoms with van der Waals surface area (Å²) in [5.41, 5.74) is 0.0992. The molecule has 1 aromatic carbocycles. The molecule has 0 N–H and O–H groups in total. The summed E-state index contributed by atoms with van der Waals surface area (Å²) in [5, 5.41) is 11.2. The Morgan fingerprint density at radius 1 is 1.43 bits per heavy atom. The molecule has 0 bridgehead atoms. The van der Waals surface area contributed by atoms with Crippen LogP contribution in [-0.4, -0.2) is 16.8 Å². The molecule has 0 spiro atoms. The van der Waals surface area contributed by atoms with Gasteiger partial charge in [0.05, 0.1) is 16.6 Å². The first-order chi connectivity index (χ1) is 9.88. The molecule has 1 aliphatic carbocycles. The van der Waals surface area contributed by atoms with Gasteiger partial charge in [-0.05, 0) is 38.2 Å². The molecule has 5 nitrogen and oxygen atoms in total. The van der Waals surface area contributed by atoms with Gasteiger partial charge in [0.25, 0.3) is 0 Å². The highest BCUT2D eigenvalue weighted by Crippen LogP contribution is 2.37. The number of rotatable bonds is 4. The maximum Gasteiger partial charge on any atom is 0.312 e. The normalized spacial score (nSPS) is 21.9. The van der Waals surface area contributed by atoms with Gasteiger partial charge in [0.15, 0.2) is 5.78 Å². The van der Waals surface area contributed by atoms with Gasteiger partial charge in [-0.3, -0.25) is 14.9 Å². The highest BCUT2D eigenvalue weighted by molar-refractivity contribution is 9.10. The van der Waals surface area contributed by atoms with Crippen molar-refractivity contribution in [3.8, 4) is 5.75 Å². The monoisotopic (exact) mass is 355 g/mol. The minimum Gasteiger partial charge on any atom is -0.483 e. The van der Waals surface area contributed by atoms with E-state index in [1.165, 1.54) is 13.0 Å². The minimum absolute atomic E-state index is 0.0632. The summed E-state index contributed by atoms with van der Waals surface area (Å²) in [6.07, 6.45) is 3.87. The number of halogens is 1. The molecule has 2 rings (SSSR count). The molecule has 0 aliphatic heterocycles. The van der Waals surface area contributed by atoms with Crippen LogP contribution in [0.1, 0.15) is 49.9 Å². The number of nitrogens with zero attached hydrogens (tertiary/aromatic N) is 1. The number of ether oxygens (including phenoxy) is 1. The van der Waals surface area contributed by atoms with Gasteiger partial charge in [-0.15, -0.1) is 0 Å². The van der Waals surface area contributed by atoms with E-state index in [4.69, 9.17) is 4.74 Å². The largest absolute Gasteiger partial charge is 0.483 e. The van der Waals surface area contributed by atoms with Crippen molar-refractivity contribution >= 4 is 27.4 Å². The van der Waals surface area contributed by atoms with Crippen LogP contribution in [0.2, 0.25) is 0 Å². The number of hydrogen-bond donors (Lipinski definition) is 0. The topological polar surface area (TPSA) is 69.4 Å². The van der Waals surface area contributed by atoms with Crippen molar-refractivity contribution < 1.29 is 14.5 Å². The van der Waals surface area contributed by atoms with E-state index in [1.54, 1.807) is 6.07 Å². The standard InChI is InChI=1S/C15H18BrNO4/c1-9-4-3-5-12(6-9)21-15-13(10(2)18)7-11(16)8-14(15)17(19)20/h7-9,12H,3-6H2,1-2H3. The van der Waals surface area contributed by atoms with Crippen LogP contribution in [0.15, 0.2) is 16.6 Å². The molecule has 21 heavy (non-hydrogen) atoms. The summed E-state index contributed by atoms with van der Waals surface area (Å²) in [4.78, 5) is 22.5. The van der Waals surface area contributed by atoms with Gasteiger partial charge in [0.1, 0.15) is 0 Å². The van der Waals surface area contributed by atoms with Crippen LogP contribution in [0.5, 0.6) is 5.75 Å². The van der Waals surface area contributed by atoms with E-state index < -0.39 is 4.92 Å². The number of ketones is 1. The van der Waals surface area contributed by atoms with Gasteiger partial charge in [-0.1, -0.05) is 29.3 Å². The Morgan fingerprint density at radius 2 is 2.14 bits per heavy atom. The Morgan fingerprint density at radius 3 is 2.71 bits per heavy atom. The number of carbonyl (C=O) groups is 1. The number of nitro groups is 1. The van der Waals surface area contributed by atoms with Gasteiger partial charge in [0.2, 0.25) is 5.75 Å². The number of nitro benzene ring substituents is 1. The lowest BCUT2D eigenvalue weighted by Gasteiger charge is -2.27. The summed E-state index contributed by atoms with van der Waals surface area (Å²) in [7, 11) is 0. The lowest BCUT2D eigenvalue weighted by molar-refractivity contribution is -0.386. The first-order valence-corrected chi connectivity index (χ1v) is 7.83. The Hall–Kier alpha value is -1.43. The zero-order valence-corrected chi connectivity index (χ0v) is 13.7. The molecule has 1 saturated carbocycles. The fourth-order valence-corrected chi connectivity index (χ4v) is 3.20. The second kappa shape index (κ2) is 6.56. The quantitative estimate of drug-likeness (QED) is 0.452. The van der Waals surface area contributed by atoms with E-state index in [2.05, 4.69) is 22.9 Å². The molecule has 114 valence electrons. The third kappa shape index (κ3) is 3.81. The molecule has 0 amide bonds. The fourth-order valence-electron chi connectivity index (χ4n) is 2.75. The lowest BCUT2D eigenvalue weighted by Crippen LogP contribution is -2.25. The van der Waals surface area contributed by atoms with Gasteiger partial charge in [-0.2, -0.15) is 0 Å². The number of benzene rings is 1. The smallest absolute Gasteiger partial charge is 0.312 e. The van der Waals surface area contributed by atoms with Crippen molar-refractivity contribution in [2.24, 2.45) is 5.92 Å². The second-order valence-electron chi connectivity index (χ2n) is 5.63. The van der Waals surface area contributed by atoms with Crippen molar-refractivity contribution in [2.75, 3.05) is 0 Å². The maximum absolute atomic E-state index is 11.8. The summed E-state index contributed by atoms with van der Waals surface area (Å²) in [5.74, 6) is 0.409. The van der Waals surface area contributed by atoms with Crippen LogP contribution in [0.3, 0.4) is 0 Å². The Bertz CT molecular complexity index is 538. The van der Waals surface area contributed by atoms with Crippen molar-refractivity contribution in [2.45, 2.75) is 45.6 Å². The molecule has 0 saturated heterocycles. The summed E-state index contributed by atoms with van der Waals surface area (Å²) >= 11 is 3.21. The fraction of sp³-hybridized carbons (Fsp3) is 0.533. The third-order valence-corrected chi connectivity index (χ3v) is 4.24. The zero-order valence-electron chi connectivity index (χ0n) is 12.1. The van der Waals surface area contributed by atoms with E-state index in [0.29, 0.717) is 10.4 Å². The Balaban J connectivity index is 2.39.